The largest absolute Gasteiger partial charge is 0.462 e. The molecule has 4 rings (SSSR count). The van der Waals surface area contributed by atoms with Gasteiger partial charge in [-0.1, -0.05) is 19.4 Å². The summed E-state index contributed by atoms with van der Waals surface area (Å²) in [4.78, 5) is 61.7. The Morgan fingerprint density at radius 1 is 0.971 bits per heavy atom. The molecule has 4 unspecified atom stereocenters. The molecule has 8 nitrogen and oxygen atoms in total. The van der Waals surface area contributed by atoms with E-state index in [1.807, 2.05) is 6.92 Å². The van der Waals surface area contributed by atoms with Gasteiger partial charge in [-0.05, 0) is 61.9 Å². The zero-order chi connectivity index (χ0) is 25.8. The fourth-order valence-corrected chi connectivity index (χ4v) is 8.17. The van der Waals surface area contributed by atoms with Gasteiger partial charge in [-0.15, -0.1) is 0 Å². The average molecular weight is 489 g/mol. The molecule has 0 radical (unpaired) electrons. The molecule has 4 aliphatic carbocycles. The third kappa shape index (κ3) is 4.02. The number of allylic oxidation sites excluding steroid dienone is 1. The molecule has 0 bridgehead atoms. The minimum atomic E-state index is -1.46. The predicted molar refractivity (Wildman–Crippen MR) is 124 cm³/mol. The van der Waals surface area contributed by atoms with Crippen molar-refractivity contribution in [3.05, 3.63) is 11.6 Å². The highest BCUT2D eigenvalue weighted by molar-refractivity contribution is 5.93. The summed E-state index contributed by atoms with van der Waals surface area (Å²) in [6, 6.07) is 0. The molecular formula is C27H36O8. The van der Waals surface area contributed by atoms with Crippen LogP contribution in [0, 0.1) is 28.6 Å². The molecule has 0 aliphatic heterocycles. The van der Waals surface area contributed by atoms with E-state index >= 15 is 0 Å². The van der Waals surface area contributed by atoms with Crippen molar-refractivity contribution in [3.8, 4) is 0 Å². The van der Waals surface area contributed by atoms with Crippen molar-refractivity contribution in [2.24, 2.45) is 28.6 Å². The fraction of sp³-hybridized carbons (Fsp3) is 0.741. The molecule has 7 atom stereocenters. The Labute approximate surface area is 206 Å². The lowest BCUT2D eigenvalue weighted by molar-refractivity contribution is -0.208. The van der Waals surface area contributed by atoms with Gasteiger partial charge in [0.1, 0.15) is 6.10 Å². The number of carbonyl (C=O) groups excluding carboxylic acids is 5. The van der Waals surface area contributed by atoms with E-state index in [1.165, 1.54) is 20.8 Å². The van der Waals surface area contributed by atoms with E-state index in [4.69, 9.17) is 14.2 Å². The van der Waals surface area contributed by atoms with Gasteiger partial charge in [0.2, 0.25) is 5.78 Å². The molecule has 0 aromatic heterocycles. The van der Waals surface area contributed by atoms with Gasteiger partial charge in [0.05, 0.1) is 0 Å². The van der Waals surface area contributed by atoms with E-state index in [1.54, 1.807) is 6.08 Å². The van der Waals surface area contributed by atoms with Gasteiger partial charge in [0, 0.05) is 38.5 Å². The molecule has 0 N–H and O–H groups in total. The molecule has 35 heavy (non-hydrogen) atoms. The summed E-state index contributed by atoms with van der Waals surface area (Å²) in [7, 11) is 0. The van der Waals surface area contributed by atoms with Crippen LogP contribution in [0.4, 0.5) is 0 Å². The highest BCUT2D eigenvalue weighted by Crippen LogP contribution is 2.68. The number of fused-ring (bicyclic) bond motifs is 5. The van der Waals surface area contributed by atoms with E-state index in [2.05, 4.69) is 6.92 Å². The van der Waals surface area contributed by atoms with E-state index in [-0.39, 0.29) is 29.0 Å². The Kier molecular flexibility index (Phi) is 6.47. The van der Waals surface area contributed by atoms with Gasteiger partial charge in [-0.3, -0.25) is 24.0 Å². The number of Topliss-reactive ketones (excluding diaryl/α,β-unsaturated/α-hetero) is 1. The van der Waals surface area contributed by atoms with Crippen LogP contribution in [0.2, 0.25) is 0 Å². The summed E-state index contributed by atoms with van der Waals surface area (Å²) in [6.07, 6.45) is 5.44. The maximum absolute atomic E-state index is 13.6. The summed E-state index contributed by atoms with van der Waals surface area (Å²) in [6.45, 7) is 7.57. The number of esters is 3. The third-order valence-electron chi connectivity index (χ3n) is 9.49. The van der Waals surface area contributed by atoms with Crippen LogP contribution < -0.4 is 0 Å². The molecule has 8 heteroatoms. The summed E-state index contributed by atoms with van der Waals surface area (Å²) < 4.78 is 16.9. The lowest BCUT2D eigenvalue weighted by Crippen LogP contribution is -2.63. The highest BCUT2D eigenvalue weighted by atomic mass is 16.6. The van der Waals surface area contributed by atoms with E-state index in [0.717, 1.165) is 18.4 Å². The Morgan fingerprint density at radius 3 is 2.31 bits per heavy atom. The lowest BCUT2D eigenvalue weighted by atomic mass is 9.45. The average Bonchev–Trinajstić information content (AvgIpc) is 3.04. The molecule has 0 aromatic carbocycles. The van der Waals surface area contributed by atoms with Crippen LogP contribution in [0.5, 0.6) is 0 Å². The van der Waals surface area contributed by atoms with Crippen LogP contribution in [-0.4, -0.2) is 47.8 Å². The van der Waals surface area contributed by atoms with Gasteiger partial charge in [0.25, 0.3) is 0 Å². The number of hydrogen-bond acceptors (Lipinski definition) is 8. The normalized spacial score (nSPS) is 39.9. The Morgan fingerprint density at radius 2 is 1.69 bits per heavy atom. The molecule has 0 aromatic rings. The molecule has 3 saturated carbocycles. The number of hydrogen-bond donors (Lipinski definition) is 0. The second-order valence-corrected chi connectivity index (χ2v) is 11.3. The number of ether oxygens (including phenoxy) is 3. The van der Waals surface area contributed by atoms with Gasteiger partial charge >= 0.3 is 17.9 Å². The van der Waals surface area contributed by atoms with Gasteiger partial charge < -0.3 is 14.2 Å². The van der Waals surface area contributed by atoms with Crippen molar-refractivity contribution in [1.82, 2.24) is 0 Å². The number of ketones is 2. The first-order valence-corrected chi connectivity index (χ1v) is 12.6. The SMILES string of the molecule is CC(=O)OCC(=O)[C@@]1(OC(C)=O)CCC2C3CCC4=CC(=O)CC[C@]4(C)C3C(OC(C)=O)C[C@@]21C. The Hall–Kier alpha value is -2.51. The van der Waals surface area contributed by atoms with Crippen molar-refractivity contribution < 1.29 is 38.2 Å². The molecule has 0 spiro atoms. The monoisotopic (exact) mass is 488 g/mol. The van der Waals surface area contributed by atoms with Crippen molar-refractivity contribution in [2.75, 3.05) is 6.61 Å². The molecule has 3 fully saturated rings. The van der Waals surface area contributed by atoms with E-state index < -0.39 is 47.4 Å². The quantitative estimate of drug-likeness (QED) is 0.427. The first-order valence-electron chi connectivity index (χ1n) is 12.6. The van der Waals surface area contributed by atoms with E-state index in [0.29, 0.717) is 32.1 Å². The van der Waals surface area contributed by atoms with Crippen LogP contribution in [-0.2, 0) is 38.2 Å². The Balaban J connectivity index is 1.79. The van der Waals surface area contributed by atoms with Crippen LogP contribution >= 0.6 is 0 Å². The summed E-state index contributed by atoms with van der Waals surface area (Å²) in [5, 5.41) is 0. The summed E-state index contributed by atoms with van der Waals surface area (Å²) >= 11 is 0. The minimum Gasteiger partial charge on any atom is -0.462 e. The first kappa shape index (κ1) is 25.6. The zero-order valence-electron chi connectivity index (χ0n) is 21.3. The van der Waals surface area contributed by atoms with Gasteiger partial charge in [0.15, 0.2) is 18.0 Å². The summed E-state index contributed by atoms with van der Waals surface area (Å²) in [5.41, 5.74) is -1.39. The molecule has 0 amide bonds. The van der Waals surface area contributed by atoms with Gasteiger partial charge in [-0.2, -0.15) is 0 Å². The standard InChI is InChI=1S/C27H36O8/c1-15(28)33-14-23(32)27(35-17(3)30)11-9-21-20-7-6-18-12-19(31)8-10-25(18,4)24(20)22(34-16(2)29)13-26(21,27)5/h12,20-22,24H,6-11,13-14H2,1-5H3/t20?,21?,22?,24?,25-,26-,27-/m0/s1. The van der Waals surface area contributed by atoms with Crippen molar-refractivity contribution in [3.63, 3.8) is 0 Å². The maximum atomic E-state index is 13.6. The van der Waals surface area contributed by atoms with Crippen LogP contribution in [0.25, 0.3) is 0 Å². The molecular weight excluding hydrogens is 452 g/mol. The maximum Gasteiger partial charge on any atom is 0.303 e. The van der Waals surface area contributed by atoms with Crippen LogP contribution in [0.3, 0.4) is 0 Å². The second kappa shape index (κ2) is 8.86. The Bertz CT molecular complexity index is 997. The molecule has 192 valence electrons. The minimum absolute atomic E-state index is 0.00859. The lowest BCUT2D eigenvalue weighted by Gasteiger charge is -2.61. The third-order valence-corrected chi connectivity index (χ3v) is 9.49. The predicted octanol–water partition coefficient (Wildman–Crippen LogP) is 3.49. The van der Waals surface area contributed by atoms with Gasteiger partial charge in [-0.25, -0.2) is 0 Å². The summed E-state index contributed by atoms with van der Waals surface area (Å²) in [5.74, 6) is -1.64. The van der Waals surface area contributed by atoms with E-state index in [9.17, 15) is 24.0 Å². The smallest absolute Gasteiger partial charge is 0.303 e. The molecule has 4 aliphatic rings. The fourth-order valence-electron chi connectivity index (χ4n) is 8.17. The van der Waals surface area contributed by atoms with Crippen LogP contribution in [0.1, 0.15) is 79.6 Å². The van der Waals surface area contributed by atoms with Crippen LogP contribution in [0.15, 0.2) is 11.6 Å². The first-order chi connectivity index (χ1) is 16.3. The van der Waals surface area contributed by atoms with Crippen molar-refractivity contribution in [1.29, 1.82) is 0 Å². The van der Waals surface area contributed by atoms with Crippen molar-refractivity contribution >= 4 is 29.5 Å². The second-order valence-electron chi connectivity index (χ2n) is 11.3. The number of rotatable bonds is 5. The van der Waals surface area contributed by atoms with Crippen molar-refractivity contribution in [2.45, 2.75) is 91.3 Å². The topological polar surface area (TPSA) is 113 Å². The molecule has 0 saturated heterocycles. The number of carbonyl (C=O) groups is 5. The highest BCUT2D eigenvalue weighted by Gasteiger charge is 2.71. The molecule has 0 heterocycles. The zero-order valence-corrected chi connectivity index (χ0v) is 21.3.